The van der Waals surface area contributed by atoms with Crippen LogP contribution in [0, 0.1) is 0 Å². The van der Waals surface area contributed by atoms with Crippen molar-refractivity contribution in [3.05, 3.63) is 46.4 Å². The number of hydrogen-bond acceptors (Lipinski definition) is 3. The van der Waals surface area contributed by atoms with Crippen LogP contribution < -0.4 is 0 Å². The Kier molecular flexibility index (Phi) is 3.72. The Morgan fingerprint density at radius 2 is 1.59 bits per heavy atom. The molecule has 2 rings (SSSR count). The fourth-order valence-corrected chi connectivity index (χ4v) is 2.55. The molecule has 0 aliphatic carbocycles. The van der Waals surface area contributed by atoms with Crippen LogP contribution in [0.1, 0.15) is 0 Å². The molecule has 17 heavy (non-hydrogen) atoms. The van der Waals surface area contributed by atoms with E-state index in [0.717, 1.165) is 4.90 Å². The molecule has 0 aliphatic rings. The highest BCUT2D eigenvalue weighted by Crippen LogP contribution is 2.39. The summed E-state index contributed by atoms with van der Waals surface area (Å²) in [6, 6.07) is 9.57. The second-order valence-corrected chi connectivity index (χ2v) is 5.26. The van der Waals surface area contributed by atoms with Gasteiger partial charge in [0.25, 0.3) is 0 Å². The highest BCUT2D eigenvalue weighted by molar-refractivity contribution is 7.99. The van der Waals surface area contributed by atoms with Crippen molar-refractivity contribution in [2.75, 3.05) is 0 Å². The molecular formula is C12H8Cl2O2S. The molecule has 0 amide bonds. The average molecular weight is 287 g/mol. The van der Waals surface area contributed by atoms with E-state index in [0.29, 0.717) is 14.9 Å². The Morgan fingerprint density at radius 1 is 0.882 bits per heavy atom. The molecule has 0 bridgehead atoms. The first-order chi connectivity index (χ1) is 8.06. The van der Waals surface area contributed by atoms with Crippen molar-refractivity contribution in [2.45, 2.75) is 9.79 Å². The average Bonchev–Trinajstić information content (AvgIpc) is 2.25. The molecular weight excluding hydrogens is 279 g/mol. The summed E-state index contributed by atoms with van der Waals surface area (Å²) in [6.07, 6.45) is 0. The minimum Gasteiger partial charge on any atom is -0.508 e. The van der Waals surface area contributed by atoms with Crippen molar-refractivity contribution in [1.29, 1.82) is 0 Å². The number of aromatic hydroxyl groups is 2. The number of phenols is 2. The Bertz CT molecular complexity index is 509. The van der Waals surface area contributed by atoms with Crippen LogP contribution in [-0.2, 0) is 0 Å². The third-order valence-electron chi connectivity index (χ3n) is 2.06. The maximum absolute atomic E-state index is 9.70. The van der Waals surface area contributed by atoms with Crippen LogP contribution in [0.2, 0.25) is 10.0 Å². The zero-order valence-electron chi connectivity index (χ0n) is 8.52. The van der Waals surface area contributed by atoms with Gasteiger partial charge in [-0.3, -0.25) is 0 Å². The number of rotatable bonds is 2. The van der Waals surface area contributed by atoms with Crippen LogP contribution in [0.25, 0.3) is 0 Å². The van der Waals surface area contributed by atoms with Crippen LogP contribution in [0.3, 0.4) is 0 Å². The van der Waals surface area contributed by atoms with Gasteiger partial charge in [-0.1, -0.05) is 35.0 Å². The highest BCUT2D eigenvalue weighted by atomic mass is 35.5. The summed E-state index contributed by atoms with van der Waals surface area (Å²) in [7, 11) is 0. The summed E-state index contributed by atoms with van der Waals surface area (Å²) in [6.45, 7) is 0. The van der Waals surface area contributed by atoms with E-state index in [1.54, 1.807) is 24.3 Å². The maximum atomic E-state index is 9.70. The van der Waals surface area contributed by atoms with Crippen molar-refractivity contribution >= 4 is 35.0 Å². The zero-order valence-corrected chi connectivity index (χ0v) is 10.9. The van der Waals surface area contributed by atoms with Gasteiger partial charge in [0.05, 0.1) is 9.92 Å². The van der Waals surface area contributed by atoms with Gasteiger partial charge in [-0.2, -0.15) is 0 Å². The van der Waals surface area contributed by atoms with Gasteiger partial charge in [0.1, 0.15) is 11.5 Å². The van der Waals surface area contributed by atoms with Crippen LogP contribution >= 0.6 is 35.0 Å². The minimum absolute atomic E-state index is 0.103. The van der Waals surface area contributed by atoms with Crippen molar-refractivity contribution in [3.8, 4) is 11.5 Å². The molecule has 0 saturated heterocycles. The molecule has 0 saturated carbocycles. The highest BCUT2D eigenvalue weighted by Gasteiger charge is 2.07. The van der Waals surface area contributed by atoms with Crippen LogP contribution in [-0.4, -0.2) is 10.2 Å². The molecule has 0 heterocycles. The molecule has 2 N–H and O–H groups in total. The molecule has 0 atom stereocenters. The fraction of sp³-hybridized carbons (Fsp3) is 0. The summed E-state index contributed by atoms with van der Waals surface area (Å²) < 4.78 is 0. The van der Waals surface area contributed by atoms with E-state index >= 15 is 0 Å². The van der Waals surface area contributed by atoms with Crippen molar-refractivity contribution in [3.63, 3.8) is 0 Å². The van der Waals surface area contributed by atoms with Gasteiger partial charge in [0.15, 0.2) is 0 Å². The van der Waals surface area contributed by atoms with E-state index in [-0.39, 0.29) is 11.5 Å². The molecule has 2 nitrogen and oxygen atoms in total. The normalized spacial score (nSPS) is 10.5. The largest absolute Gasteiger partial charge is 0.508 e. The van der Waals surface area contributed by atoms with Crippen LogP contribution in [0.15, 0.2) is 46.2 Å². The maximum Gasteiger partial charge on any atom is 0.130 e. The first-order valence-electron chi connectivity index (χ1n) is 4.71. The van der Waals surface area contributed by atoms with E-state index in [1.165, 1.54) is 23.9 Å². The summed E-state index contributed by atoms with van der Waals surface area (Å²) >= 11 is 13.0. The number of halogens is 2. The molecule has 0 radical (unpaired) electrons. The number of benzene rings is 2. The fourth-order valence-electron chi connectivity index (χ4n) is 1.27. The SMILES string of the molecule is Oc1ccc(Sc2ccc(Cl)cc2O)c(Cl)c1. The molecule has 2 aromatic carbocycles. The van der Waals surface area contributed by atoms with E-state index in [2.05, 4.69) is 0 Å². The van der Waals surface area contributed by atoms with Gasteiger partial charge < -0.3 is 10.2 Å². The second kappa shape index (κ2) is 5.08. The summed E-state index contributed by atoms with van der Waals surface area (Å²) in [5, 5.41) is 19.8. The van der Waals surface area contributed by atoms with E-state index in [4.69, 9.17) is 23.2 Å². The van der Waals surface area contributed by atoms with Gasteiger partial charge in [-0.15, -0.1) is 0 Å². The van der Waals surface area contributed by atoms with Gasteiger partial charge in [0, 0.05) is 9.92 Å². The molecule has 0 aromatic heterocycles. The minimum atomic E-state index is 0.103. The topological polar surface area (TPSA) is 40.5 Å². The molecule has 0 unspecified atom stereocenters. The zero-order chi connectivity index (χ0) is 12.4. The summed E-state index contributed by atoms with van der Waals surface area (Å²) in [4.78, 5) is 1.41. The smallest absolute Gasteiger partial charge is 0.130 e. The van der Waals surface area contributed by atoms with E-state index in [9.17, 15) is 10.2 Å². The van der Waals surface area contributed by atoms with Gasteiger partial charge in [-0.25, -0.2) is 0 Å². The van der Waals surface area contributed by atoms with Gasteiger partial charge >= 0.3 is 0 Å². The lowest BCUT2D eigenvalue weighted by molar-refractivity contribution is 0.462. The summed E-state index contributed by atoms with van der Waals surface area (Å²) in [5.74, 6) is 0.214. The van der Waals surface area contributed by atoms with E-state index < -0.39 is 0 Å². The standard InChI is InChI=1S/C12H8Cl2O2S/c13-7-1-3-12(10(16)5-7)17-11-4-2-8(15)6-9(11)14/h1-6,15-16H. The Labute approximate surface area is 113 Å². The third-order valence-corrected chi connectivity index (χ3v) is 3.86. The summed E-state index contributed by atoms with van der Waals surface area (Å²) in [5.41, 5.74) is 0. The molecule has 0 aliphatic heterocycles. The van der Waals surface area contributed by atoms with Crippen LogP contribution in [0.4, 0.5) is 0 Å². The van der Waals surface area contributed by atoms with Crippen molar-refractivity contribution in [1.82, 2.24) is 0 Å². The monoisotopic (exact) mass is 286 g/mol. The van der Waals surface area contributed by atoms with Crippen molar-refractivity contribution in [2.24, 2.45) is 0 Å². The lowest BCUT2D eigenvalue weighted by Crippen LogP contribution is -1.77. The molecule has 0 fully saturated rings. The lowest BCUT2D eigenvalue weighted by Gasteiger charge is -2.06. The predicted molar refractivity (Wildman–Crippen MR) is 70.4 cm³/mol. The second-order valence-electron chi connectivity index (χ2n) is 3.33. The van der Waals surface area contributed by atoms with Crippen LogP contribution in [0.5, 0.6) is 11.5 Å². The first-order valence-corrected chi connectivity index (χ1v) is 6.28. The number of phenolic OH excluding ortho intramolecular Hbond substituents is 2. The lowest BCUT2D eigenvalue weighted by atomic mass is 10.3. The number of hydrogen-bond donors (Lipinski definition) is 2. The first kappa shape index (κ1) is 12.4. The Balaban J connectivity index is 2.31. The third kappa shape index (κ3) is 3.00. The molecule has 5 heteroatoms. The van der Waals surface area contributed by atoms with Gasteiger partial charge in [-0.05, 0) is 36.4 Å². The quantitative estimate of drug-likeness (QED) is 0.851. The predicted octanol–water partition coefficient (Wildman–Crippen LogP) is 4.56. The Hall–Kier alpha value is -1.03. The molecule has 2 aromatic rings. The Morgan fingerprint density at radius 3 is 2.24 bits per heavy atom. The van der Waals surface area contributed by atoms with Crippen molar-refractivity contribution < 1.29 is 10.2 Å². The molecule has 88 valence electrons. The van der Waals surface area contributed by atoms with Gasteiger partial charge in [0.2, 0.25) is 0 Å². The van der Waals surface area contributed by atoms with E-state index in [1.807, 2.05) is 0 Å². The molecule has 0 spiro atoms.